The first kappa shape index (κ1) is 14.5. The van der Waals surface area contributed by atoms with E-state index in [4.69, 9.17) is 4.42 Å². The molecule has 4 nitrogen and oxygen atoms in total. The molecule has 0 amide bonds. The molecule has 0 unspecified atom stereocenters. The molecule has 0 spiro atoms. The maximum Gasteiger partial charge on any atom is 0.303 e. The summed E-state index contributed by atoms with van der Waals surface area (Å²) in [4.78, 5) is 1.63. The van der Waals surface area contributed by atoms with Crippen LogP contribution in [-0.2, 0) is 16.8 Å². The van der Waals surface area contributed by atoms with E-state index in [1.54, 1.807) is 17.0 Å². The number of furan rings is 1. The summed E-state index contributed by atoms with van der Waals surface area (Å²) in [6, 6.07) is 3.42. The van der Waals surface area contributed by atoms with Gasteiger partial charge in [-0.2, -0.15) is 12.3 Å². The smallest absolute Gasteiger partial charge is 0.303 e. The minimum atomic E-state index is -4.50. The van der Waals surface area contributed by atoms with Crippen LogP contribution in [0, 0.1) is 0 Å². The number of rotatable bonds is 8. The minimum absolute atomic E-state index is 0.0140. The molecule has 1 rings (SSSR count). The fourth-order valence-electron chi connectivity index (χ4n) is 1.29. The second-order valence-electron chi connectivity index (χ2n) is 3.41. The number of hydrogen-bond acceptors (Lipinski definition) is 5. The monoisotopic (exact) mass is 285 g/mol. The largest absolute Gasteiger partial charge is 0.468 e. The first-order chi connectivity index (χ1) is 8.01. The van der Waals surface area contributed by atoms with Gasteiger partial charge in [0.25, 0.3) is 0 Å². The van der Waals surface area contributed by atoms with E-state index >= 15 is 0 Å². The number of hydrogen-bond donors (Lipinski definition) is 0. The van der Waals surface area contributed by atoms with Gasteiger partial charge in [-0.05, 0) is 12.1 Å². The summed E-state index contributed by atoms with van der Waals surface area (Å²) in [5, 5.41) is 0. The Kier molecular flexibility index (Phi) is 5.93. The van der Waals surface area contributed by atoms with E-state index in [0.717, 1.165) is 0 Å². The van der Waals surface area contributed by atoms with Crippen molar-refractivity contribution in [1.29, 1.82) is 0 Å². The van der Waals surface area contributed by atoms with Crippen molar-refractivity contribution in [2.45, 2.75) is 6.54 Å². The Morgan fingerprint density at radius 3 is 2.71 bits per heavy atom. The first-order valence-corrected chi connectivity index (χ1v) is 7.36. The van der Waals surface area contributed by atoms with Gasteiger partial charge in [0, 0.05) is 31.0 Å². The molecular weight excluding hydrogens is 272 g/mol. The lowest BCUT2D eigenvalue weighted by Crippen LogP contribution is -2.30. The van der Waals surface area contributed by atoms with Crippen LogP contribution in [0.5, 0.6) is 0 Å². The van der Waals surface area contributed by atoms with E-state index in [-0.39, 0.29) is 24.4 Å². The third-order valence-corrected chi connectivity index (χ3v) is 3.10. The maximum absolute atomic E-state index is 12.4. The molecule has 0 radical (unpaired) electrons. The Hall–Kier alpha value is -0.600. The minimum Gasteiger partial charge on any atom is -0.468 e. The van der Waals surface area contributed by atoms with Crippen molar-refractivity contribution < 1.29 is 20.6 Å². The van der Waals surface area contributed by atoms with Crippen molar-refractivity contribution in [2.24, 2.45) is 0 Å². The predicted octanol–water partition coefficient (Wildman–Crippen LogP) is 2.00. The zero-order valence-electron chi connectivity index (χ0n) is 9.01. The fraction of sp³-hybridized carbons (Fsp3) is 0.556. The van der Waals surface area contributed by atoms with Crippen molar-refractivity contribution in [2.75, 3.05) is 24.6 Å². The van der Waals surface area contributed by atoms with Gasteiger partial charge in [0.2, 0.25) is 0 Å². The second kappa shape index (κ2) is 6.97. The molecule has 0 aliphatic heterocycles. The van der Waals surface area contributed by atoms with E-state index in [1.165, 1.54) is 6.26 Å². The van der Waals surface area contributed by atoms with Gasteiger partial charge in [-0.25, -0.2) is 0 Å². The quantitative estimate of drug-likeness (QED) is 0.684. The molecule has 0 aliphatic rings. The van der Waals surface area contributed by atoms with Crippen molar-refractivity contribution in [3.05, 3.63) is 24.2 Å². The van der Waals surface area contributed by atoms with Gasteiger partial charge in [-0.3, -0.25) is 4.90 Å². The molecule has 1 aromatic rings. The number of halogens is 2. The molecule has 0 fully saturated rings. The molecular formula is C9H13F2NO3S2. The summed E-state index contributed by atoms with van der Waals surface area (Å²) in [5.74, 6) is 0.239. The summed E-state index contributed by atoms with van der Waals surface area (Å²) in [5.41, 5.74) is 0. The van der Waals surface area contributed by atoms with E-state index < -0.39 is 16.0 Å². The number of nitrogens with zero attached hydrogens (tertiary/aromatic N) is 1. The average molecular weight is 285 g/mol. The van der Waals surface area contributed by atoms with Crippen LogP contribution in [0.4, 0.5) is 7.77 Å². The van der Waals surface area contributed by atoms with E-state index in [9.17, 15) is 16.2 Å². The van der Waals surface area contributed by atoms with Crippen LogP contribution >= 0.6 is 12.1 Å². The SMILES string of the molecule is O=S(=O)(F)CCN(CCSF)Cc1ccco1. The predicted molar refractivity (Wildman–Crippen MR) is 62.4 cm³/mol. The highest BCUT2D eigenvalue weighted by atomic mass is 32.3. The van der Waals surface area contributed by atoms with E-state index in [2.05, 4.69) is 0 Å². The average Bonchev–Trinajstić information content (AvgIpc) is 2.73. The first-order valence-electron chi connectivity index (χ1n) is 4.92. The van der Waals surface area contributed by atoms with Crippen molar-refractivity contribution in [1.82, 2.24) is 4.90 Å². The highest BCUT2D eigenvalue weighted by Crippen LogP contribution is 2.08. The Labute approximate surface area is 103 Å². The molecule has 0 saturated carbocycles. The molecule has 0 atom stereocenters. The van der Waals surface area contributed by atoms with Gasteiger partial charge in [0.15, 0.2) is 0 Å². The van der Waals surface area contributed by atoms with Crippen LogP contribution < -0.4 is 0 Å². The standard InChI is InChI=1S/C9H13F2NO3S2/c10-16-6-3-12(4-7-17(11,13)14)8-9-2-1-5-15-9/h1-2,5H,3-4,6-8H2. The van der Waals surface area contributed by atoms with Crippen LogP contribution in [0.1, 0.15) is 5.76 Å². The lowest BCUT2D eigenvalue weighted by atomic mass is 10.4. The zero-order valence-corrected chi connectivity index (χ0v) is 10.6. The molecule has 1 aromatic heterocycles. The molecule has 8 heteroatoms. The van der Waals surface area contributed by atoms with Crippen molar-refractivity contribution in [3.8, 4) is 0 Å². The molecule has 17 heavy (non-hydrogen) atoms. The second-order valence-corrected chi connectivity index (χ2v) is 5.52. The van der Waals surface area contributed by atoms with Gasteiger partial charge < -0.3 is 4.42 Å². The molecule has 0 bridgehead atoms. The van der Waals surface area contributed by atoms with Crippen LogP contribution in [0.15, 0.2) is 22.8 Å². The molecule has 0 N–H and O–H groups in total. The summed E-state index contributed by atoms with van der Waals surface area (Å²) in [7, 11) is -4.50. The lowest BCUT2D eigenvalue weighted by Gasteiger charge is -2.19. The maximum atomic E-state index is 12.4. The topological polar surface area (TPSA) is 50.5 Å². The van der Waals surface area contributed by atoms with Gasteiger partial charge >= 0.3 is 10.2 Å². The van der Waals surface area contributed by atoms with E-state index in [1.807, 2.05) is 0 Å². The molecule has 0 saturated heterocycles. The third kappa shape index (κ3) is 6.64. The Morgan fingerprint density at radius 2 is 2.18 bits per heavy atom. The third-order valence-electron chi connectivity index (χ3n) is 2.10. The van der Waals surface area contributed by atoms with Gasteiger partial charge in [0.05, 0.1) is 18.6 Å². The summed E-state index contributed by atoms with van der Waals surface area (Å²) >= 11 is 0.160. The Morgan fingerprint density at radius 1 is 1.41 bits per heavy atom. The van der Waals surface area contributed by atoms with Crippen LogP contribution in [0.2, 0.25) is 0 Å². The van der Waals surface area contributed by atoms with Gasteiger partial charge in [0.1, 0.15) is 5.76 Å². The molecule has 0 aliphatic carbocycles. The molecule has 0 aromatic carbocycles. The Balaban J connectivity index is 2.48. The fourth-order valence-corrected chi connectivity index (χ4v) is 2.10. The zero-order chi connectivity index (χ0) is 12.7. The van der Waals surface area contributed by atoms with Crippen LogP contribution in [0.25, 0.3) is 0 Å². The van der Waals surface area contributed by atoms with Gasteiger partial charge in [-0.1, -0.05) is 0 Å². The lowest BCUT2D eigenvalue weighted by molar-refractivity contribution is 0.270. The highest BCUT2D eigenvalue weighted by molar-refractivity contribution is 7.94. The summed E-state index contributed by atoms with van der Waals surface area (Å²) in [6.07, 6.45) is 1.49. The normalized spacial score (nSPS) is 12.2. The summed E-state index contributed by atoms with van der Waals surface area (Å²) in [6.45, 7) is 0.681. The highest BCUT2D eigenvalue weighted by Gasteiger charge is 2.13. The summed E-state index contributed by atoms with van der Waals surface area (Å²) < 4.78 is 50.3. The van der Waals surface area contributed by atoms with Crippen molar-refractivity contribution >= 4 is 22.4 Å². The Bertz CT molecular complexity index is 408. The molecule has 98 valence electrons. The van der Waals surface area contributed by atoms with Gasteiger partial charge in [-0.15, -0.1) is 3.89 Å². The van der Waals surface area contributed by atoms with Crippen LogP contribution in [-0.4, -0.2) is 37.9 Å². The van der Waals surface area contributed by atoms with Crippen molar-refractivity contribution in [3.63, 3.8) is 0 Å². The van der Waals surface area contributed by atoms with E-state index in [0.29, 0.717) is 18.8 Å². The van der Waals surface area contributed by atoms with Crippen LogP contribution in [0.3, 0.4) is 0 Å². The molecule has 1 heterocycles.